The van der Waals surface area contributed by atoms with E-state index >= 15 is 0 Å². The van der Waals surface area contributed by atoms with Crippen LogP contribution in [0.25, 0.3) is 0 Å². The molecule has 1 aromatic rings. The summed E-state index contributed by atoms with van der Waals surface area (Å²) in [4.78, 5) is 10.6. The molecule has 0 amide bonds. The average Bonchev–Trinajstić information content (AvgIpc) is 2.17. The van der Waals surface area contributed by atoms with E-state index in [4.69, 9.17) is 4.74 Å². The lowest BCUT2D eigenvalue weighted by molar-refractivity contribution is -0.117. The van der Waals surface area contributed by atoms with E-state index in [-0.39, 0.29) is 18.1 Å². The van der Waals surface area contributed by atoms with Gasteiger partial charge in [-0.1, -0.05) is 0 Å². The Kier molecular flexibility index (Phi) is 4.21. The zero-order valence-electron chi connectivity index (χ0n) is 8.43. The van der Waals surface area contributed by atoms with Gasteiger partial charge in [-0.2, -0.15) is 0 Å². The van der Waals surface area contributed by atoms with Crippen LogP contribution in [0.1, 0.15) is 19.8 Å². The highest BCUT2D eigenvalue weighted by atomic mass is 19.1. The topological polar surface area (TPSA) is 26.3 Å². The van der Waals surface area contributed by atoms with Crippen LogP contribution in [0.4, 0.5) is 8.78 Å². The Balaban J connectivity index is 2.43. The van der Waals surface area contributed by atoms with Crippen molar-refractivity contribution in [2.75, 3.05) is 6.61 Å². The monoisotopic (exact) mass is 214 g/mol. The first-order valence-corrected chi connectivity index (χ1v) is 4.67. The molecule has 0 fully saturated rings. The maximum Gasteiger partial charge on any atom is 0.165 e. The minimum absolute atomic E-state index is 0.0540. The van der Waals surface area contributed by atoms with Crippen molar-refractivity contribution in [3.8, 4) is 5.75 Å². The van der Waals surface area contributed by atoms with Crippen LogP contribution >= 0.6 is 0 Å². The number of Topliss-reactive ketones (excluding diaryl/α,β-unsaturated/α-hetero) is 1. The maximum absolute atomic E-state index is 13.0. The third-order valence-electron chi connectivity index (χ3n) is 1.82. The SMILES string of the molecule is CC(=O)CCCOc1cc(F)ccc1F. The smallest absolute Gasteiger partial charge is 0.165 e. The lowest BCUT2D eigenvalue weighted by Gasteiger charge is -2.06. The van der Waals surface area contributed by atoms with Gasteiger partial charge >= 0.3 is 0 Å². The number of hydrogen-bond acceptors (Lipinski definition) is 2. The molecule has 2 nitrogen and oxygen atoms in total. The molecule has 0 unspecified atom stereocenters. The molecule has 0 saturated carbocycles. The van der Waals surface area contributed by atoms with Gasteiger partial charge in [0.05, 0.1) is 6.61 Å². The number of rotatable bonds is 5. The second-order valence-corrected chi connectivity index (χ2v) is 3.23. The van der Waals surface area contributed by atoms with Gasteiger partial charge in [0.1, 0.15) is 11.6 Å². The Morgan fingerprint density at radius 1 is 1.40 bits per heavy atom. The highest BCUT2D eigenvalue weighted by Gasteiger charge is 2.04. The van der Waals surface area contributed by atoms with E-state index in [0.717, 1.165) is 18.2 Å². The van der Waals surface area contributed by atoms with Crippen LogP contribution in [0.2, 0.25) is 0 Å². The zero-order chi connectivity index (χ0) is 11.3. The normalized spacial score (nSPS) is 10.1. The third-order valence-corrected chi connectivity index (χ3v) is 1.82. The molecule has 0 aliphatic heterocycles. The van der Waals surface area contributed by atoms with Crippen molar-refractivity contribution in [3.05, 3.63) is 29.8 Å². The van der Waals surface area contributed by atoms with E-state index in [9.17, 15) is 13.6 Å². The fraction of sp³-hybridized carbons (Fsp3) is 0.364. The van der Waals surface area contributed by atoms with E-state index in [1.54, 1.807) is 0 Å². The summed E-state index contributed by atoms with van der Waals surface area (Å²) in [6, 6.07) is 3.02. The molecule has 0 heterocycles. The summed E-state index contributed by atoms with van der Waals surface area (Å²) in [5, 5.41) is 0. The second-order valence-electron chi connectivity index (χ2n) is 3.23. The first-order valence-electron chi connectivity index (χ1n) is 4.67. The fourth-order valence-corrected chi connectivity index (χ4v) is 1.09. The lowest BCUT2D eigenvalue weighted by atomic mass is 10.2. The van der Waals surface area contributed by atoms with Crippen LogP contribution in [0, 0.1) is 11.6 Å². The minimum Gasteiger partial charge on any atom is -0.490 e. The highest BCUT2D eigenvalue weighted by molar-refractivity contribution is 5.75. The van der Waals surface area contributed by atoms with Gasteiger partial charge in [0.2, 0.25) is 0 Å². The number of halogens is 2. The van der Waals surface area contributed by atoms with Gasteiger partial charge in [0.15, 0.2) is 11.6 Å². The predicted molar refractivity (Wildman–Crippen MR) is 51.8 cm³/mol. The van der Waals surface area contributed by atoms with Gasteiger partial charge in [-0.15, -0.1) is 0 Å². The zero-order valence-corrected chi connectivity index (χ0v) is 8.43. The largest absolute Gasteiger partial charge is 0.490 e. The first kappa shape index (κ1) is 11.6. The summed E-state index contributed by atoms with van der Waals surface area (Å²) in [6.07, 6.45) is 0.891. The van der Waals surface area contributed by atoms with Gasteiger partial charge in [0, 0.05) is 12.5 Å². The van der Waals surface area contributed by atoms with E-state index in [0.29, 0.717) is 12.8 Å². The number of hydrogen-bond donors (Lipinski definition) is 0. The number of ketones is 1. The van der Waals surface area contributed by atoms with Crippen LogP contribution in [0.3, 0.4) is 0 Å². The van der Waals surface area contributed by atoms with Crippen molar-refractivity contribution in [3.63, 3.8) is 0 Å². The summed E-state index contributed by atoms with van der Waals surface area (Å²) in [7, 11) is 0. The van der Waals surface area contributed by atoms with Crippen molar-refractivity contribution < 1.29 is 18.3 Å². The van der Waals surface area contributed by atoms with Crippen LogP contribution in [0.5, 0.6) is 5.75 Å². The van der Waals surface area contributed by atoms with Crippen LogP contribution in [-0.4, -0.2) is 12.4 Å². The van der Waals surface area contributed by atoms with E-state index < -0.39 is 11.6 Å². The molecule has 0 radical (unpaired) electrons. The first-order chi connectivity index (χ1) is 7.09. The molecule has 1 aromatic carbocycles. The van der Waals surface area contributed by atoms with Gasteiger partial charge in [0.25, 0.3) is 0 Å². The van der Waals surface area contributed by atoms with Crippen LogP contribution in [0.15, 0.2) is 18.2 Å². The third kappa shape index (κ3) is 4.06. The molecule has 0 N–H and O–H groups in total. The van der Waals surface area contributed by atoms with Crippen molar-refractivity contribution in [1.82, 2.24) is 0 Å². The molecule has 0 bridgehead atoms. The number of ether oxygens (including phenoxy) is 1. The maximum atomic E-state index is 13.0. The van der Waals surface area contributed by atoms with Gasteiger partial charge in [-0.25, -0.2) is 8.78 Å². The van der Waals surface area contributed by atoms with E-state index in [1.165, 1.54) is 6.92 Å². The average molecular weight is 214 g/mol. The van der Waals surface area contributed by atoms with Gasteiger partial charge in [-0.3, -0.25) is 0 Å². The molecule has 0 aliphatic carbocycles. The quantitative estimate of drug-likeness (QED) is 0.704. The summed E-state index contributed by atoms with van der Waals surface area (Å²) in [5.74, 6) is -1.20. The summed E-state index contributed by atoms with van der Waals surface area (Å²) in [5.41, 5.74) is 0. The fourth-order valence-electron chi connectivity index (χ4n) is 1.09. The molecule has 0 spiro atoms. The number of benzene rings is 1. The molecule has 0 atom stereocenters. The molecule has 0 aliphatic rings. The molecular formula is C11H12F2O2. The highest BCUT2D eigenvalue weighted by Crippen LogP contribution is 2.18. The van der Waals surface area contributed by atoms with Crippen molar-refractivity contribution in [1.29, 1.82) is 0 Å². The van der Waals surface area contributed by atoms with Crippen LogP contribution < -0.4 is 4.74 Å². The Hall–Kier alpha value is -1.45. The molecule has 15 heavy (non-hydrogen) atoms. The van der Waals surface area contributed by atoms with Gasteiger partial charge < -0.3 is 9.53 Å². The predicted octanol–water partition coefficient (Wildman–Crippen LogP) is 2.71. The standard InChI is InChI=1S/C11H12F2O2/c1-8(14)3-2-6-15-11-7-9(12)4-5-10(11)13/h4-5,7H,2-3,6H2,1H3. The Morgan fingerprint density at radius 3 is 2.80 bits per heavy atom. The Bertz CT molecular complexity index is 350. The molecule has 1 rings (SSSR count). The molecule has 0 aromatic heterocycles. The molecule has 82 valence electrons. The van der Waals surface area contributed by atoms with Crippen molar-refractivity contribution in [2.24, 2.45) is 0 Å². The lowest BCUT2D eigenvalue weighted by Crippen LogP contribution is -2.02. The van der Waals surface area contributed by atoms with E-state index in [1.807, 2.05) is 0 Å². The Morgan fingerprint density at radius 2 is 2.13 bits per heavy atom. The number of carbonyl (C=O) groups is 1. The second kappa shape index (κ2) is 5.44. The number of carbonyl (C=O) groups excluding carboxylic acids is 1. The molecule has 4 heteroatoms. The Labute approximate surface area is 86.9 Å². The molecular weight excluding hydrogens is 202 g/mol. The summed E-state index contributed by atoms with van der Waals surface area (Å²) in [6.45, 7) is 1.68. The molecule has 0 saturated heterocycles. The van der Waals surface area contributed by atoms with E-state index in [2.05, 4.69) is 0 Å². The van der Waals surface area contributed by atoms with Crippen LogP contribution in [-0.2, 0) is 4.79 Å². The van der Waals surface area contributed by atoms with Crippen molar-refractivity contribution >= 4 is 5.78 Å². The van der Waals surface area contributed by atoms with Crippen molar-refractivity contribution in [2.45, 2.75) is 19.8 Å². The summed E-state index contributed by atoms with van der Waals surface area (Å²) >= 11 is 0. The minimum atomic E-state index is -0.598. The summed E-state index contributed by atoms with van der Waals surface area (Å²) < 4.78 is 30.7. The van der Waals surface area contributed by atoms with Gasteiger partial charge in [-0.05, 0) is 25.5 Å².